The summed E-state index contributed by atoms with van der Waals surface area (Å²) >= 11 is 5.69. The molecule has 1 aromatic carbocycles. The number of carbonyl (C=O) groups excluding carboxylic acids is 1. The number of hydrogen-bond acceptors (Lipinski definition) is 2. The molecule has 17 heavy (non-hydrogen) atoms. The van der Waals surface area contributed by atoms with E-state index in [1.807, 2.05) is 26.0 Å². The van der Waals surface area contributed by atoms with Crippen molar-refractivity contribution >= 4 is 17.5 Å². The highest BCUT2D eigenvalue weighted by Crippen LogP contribution is 2.17. The van der Waals surface area contributed by atoms with Crippen molar-refractivity contribution in [3.05, 3.63) is 29.8 Å². The molecule has 1 rings (SSSR count). The van der Waals surface area contributed by atoms with Crippen molar-refractivity contribution in [2.24, 2.45) is 5.92 Å². The Morgan fingerprint density at radius 1 is 1.47 bits per heavy atom. The molecular formula is C13H18ClNO2. The highest BCUT2D eigenvalue weighted by atomic mass is 35.5. The van der Waals surface area contributed by atoms with Crippen molar-refractivity contribution in [2.45, 2.75) is 13.8 Å². The minimum absolute atomic E-state index is 0.119. The number of alkyl halides is 1. The topological polar surface area (TPSA) is 38.3 Å². The van der Waals surface area contributed by atoms with E-state index >= 15 is 0 Å². The van der Waals surface area contributed by atoms with Crippen LogP contribution >= 0.6 is 11.6 Å². The zero-order chi connectivity index (χ0) is 12.7. The van der Waals surface area contributed by atoms with Crippen molar-refractivity contribution in [2.75, 3.05) is 19.0 Å². The van der Waals surface area contributed by atoms with Gasteiger partial charge in [0.05, 0.1) is 12.2 Å². The SMILES string of the molecule is CCOc1ccccc1C(=O)NCC(C)CCl. The van der Waals surface area contributed by atoms with E-state index in [-0.39, 0.29) is 11.8 Å². The normalized spacial score (nSPS) is 11.9. The van der Waals surface area contributed by atoms with Gasteiger partial charge in [0.25, 0.3) is 5.91 Å². The Hall–Kier alpha value is -1.22. The average Bonchev–Trinajstić information content (AvgIpc) is 2.36. The van der Waals surface area contributed by atoms with Crippen LogP contribution < -0.4 is 10.1 Å². The third kappa shape index (κ3) is 4.27. The van der Waals surface area contributed by atoms with Gasteiger partial charge >= 0.3 is 0 Å². The molecule has 0 aliphatic heterocycles. The van der Waals surface area contributed by atoms with Gasteiger partial charge in [-0.2, -0.15) is 0 Å². The first-order valence-electron chi connectivity index (χ1n) is 5.75. The summed E-state index contributed by atoms with van der Waals surface area (Å²) in [6, 6.07) is 7.22. The van der Waals surface area contributed by atoms with Crippen LogP contribution in [-0.4, -0.2) is 24.9 Å². The molecule has 0 fully saturated rings. The van der Waals surface area contributed by atoms with Crippen molar-refractivity contribution in [1.29, 1.82) is 0 Å². The highest BCUT2D eigenvalue weighted by molar-refractivity contribution is 6.18. The lowest BCUT2D eigenvalue weighted by Gasteiger charge is -2.12. The summed E-state index contributed by atoms with van der Waals surface area (Å²) in [5, 5.41) is 2.85. The van der Waals surface area contributed by atoms with Gasteiger partial charge in [-0.25, -0.2) is 0 Å². The van der Waals surface area contributed by atoms with E-state index in [0.29, 0.717) is 30.3 Å². The van der Waals surface area contributed by atoms with Crippen LogP contribution in [0.25, 0.3) is 0 Å². The van der Waals surface area contributed by atoms with E-state index in [0.717, 1.165) is 0 Å². The van der Waals surface area contributed by atoms with Gasteiger partial charge in [-0.3, -0.25) is 4.79 Å². The second-order valence-corrected chi connectivity index (χ2v) is 4.21. The Labute approximate surface area is 107 Å². The van der Waals surface area contributed by atoms with E-state index < -0.39 is 0 Å². The molecule has 0 saturated heterocycles. The zero-order valence-electron chi connectivity index (χ0n) is 10.2. The molecule has 0 saturated carbocycles. The lowest BCUT2D eigenvalue weighted by molar-refractivity contribution is 0.0945. The molecule has 0 aliphatic carbocycles. The molecule has 1 N–H and O–H groups in total. The van der Waals surface area contributed by atoms with Crippen LogP contribution in [0.3, 0.4) is 0 Å². The van der Waals surface area contributed by atoms with Crippen LogP contribution in [0, 0.1) is 5.92 Å². The fraction of sp³-hybridized carbons (Fsp3) is 0.462. The maximum Gasteiger partial charge on any atom is 0.255 e. The van der Waals surface area contributed by atoms with E-state index in [1.165, 1.54) is 0 Å². The van der Waals surface area contributed by atoms with Gasteiger partial charge in [0.1, 0.15) is 5.75 Å². The number of rotatable bonds is 6. The van der Waals surface area contributed by atoms with Crippen LogP contribution in [0.4, 0.5) is 0 Å². The first-order chi connectivity index (χ1) is 8.19. The van der Waals surface area contributed by atoms with Crippen molar-refractivity contribution in [3.8, 4) is 5.75 Å². The average molecular weight is 256 g/mol. The number of hydrogen-bond donors (Lipinski definition) is 1. The molecule has 94 valence electrons. The van der Waals surface area contributed by atoms with Crippen molar-refractivity contribution in [1.82, 2.24) is 5.32 Å². The van der Waals surface area contributed by atoms with E-state index in [1.54, 1.807) is 12.1 Å². The van der Waals surface area contributed by atoms with Gasteiger partial charge in [0.15, 0.2) is 0 Å². The molecule has 0 heterocycles. The maximum absolute atomic E-state index is 11.9. The van der Waals surface area contributed by atoms with Crippen molar-refractivity contribution < 1.29 is 9.53 Å². The molecule has 0 spiro atoms. The second kappa shape index (κ2) is 7.17. The van der Waals surface area contributed by atoms with Gasteiger partial charge in [-0.05, 0) is 25.0 Å². The first kappa shape index (κ1) is 13.8. The molecule has 0 aromatic heterocycles. The van der Waals surface area contributed by atoms with Crippen LogP contribution in [-0.2, 0) is 0 Å². The van der Waals surface area contributed by atoms with Gasteiger partial charge in [0, 0.05) is 12.4 Å². The lowest BCUT2D eigenvalue weighted by Crippen LogP contribution is -2.29. The number of amides is 1. The summed E-state index contributed by atoms with van der Waals surface area (Å²) < 4.78 is 5.40. The highest BCUT2D eigenvalue weighted by Gasteiger charge is 2.12. The van der Waals surface area contributed by atoms with Crippen LogP contribution in [0.15, 0.2) is 24.3 Å². The predicted octanol–water partition coefficient (Wildman–Crippen LogP) is 2.69. The lowest BCUT2D eigenvalue weighted by atomic mass is 10.1. The summed E-state index contributed by atoms with van der Waals surface area (Å²) in [5.74, 6) is 1.30. The molecule has 0 aliphatic rings. The van der Waals surface area contributed by atoms with Gasteiger partial charge in [-0.15, -0.1) is 11.6 Å². The number of carbonyl (C=O) groups is 1. The molecule has 1 unspecified atom stereocenters. The molecule has 1 aromatic rings. The fourth-order valence-corrected chi connectivity index (χ4v) is 1.46. The Balaban J connectivity index is 2.67. The number of para-hydroxylation sites is 1. The summed E-state index contributed by atoms with van der Waals surface area (Å²) in [7, 11) is 0. The third-order valence-corrected chi connectivity index (χ3v) is 2.83. The monoisotopic (exact) mass is 255 g/mol. The Kier molecular flexibility index (Phi) is 5.84. The van der Waals surface area contributed by atoms with Crippen LogP contribution in [0.2, 0.25) is 0 Å². The van der Waals surface area contributed by atoms with E-state index in [2.05, 4.69) is 5.32 Å². The third-order valence-electron chi connectivity index (χ3n) is 2.31. The summed E-state index contributed by atoms with van der Waals surface area (Å²) in [4.78, 5) is 11.9. The number of benzene rings is 1. The van der Waals surface area contributed by atoms with Gasteiger partial charge in [-0.1, -0.05) is 19.1 Å². The van der Waals surface area contributed by atoms with E-state index in [4.69, 9.17) is 16.3 Å². The second-order valence-electron chi connectivity index (χ2n) is 3.90. The standard InChI is InChI=1S/C13H18ClNO2/c1-3-17-12-7-5-4-6-11(12)13(16)15-9-10(2)8-14/h4-7,10H,3,8-9H2,1-2H3,(H,15,16). The van der Waals surface area contributed by atoms with Gasteiger partial charge in [0.2, 0.25) is 0 Å². The Bertz CT molecular complexity index is 368. The molecular weight excluding hydrogens is 238 g/mol. The minimum atomic E-state index is -0.119. The maximum atomic E-state index is 11.9. The number of halogens is 1. The van der Waals surface area contributed by atoms with Crippen LogP contribution in [0.5, 0.6) is 5.75 Å². The van der Waals surface area contributed by atoms with Crippen molar-refractivity contribution in [3.63, 3.8) is 0 Å². The molecule has 3 nitrogen and oxygen atoms in total. The Morgan fingerprint density at radius 3 is 2.82 bits per heavy atom. The van der Waals surface area contributed by atoms with Crippen LogP contribution in [0.1, 0.15) is 24.2 Å². The summed E-state index contributed by atoms with van der Waals surface area (Å²) in [6.07, 6.45) is 0. The molecule has 0 radical (unpaired) electrons. The Morgan fingerprint density at radius 2 is 2.18 bits per heavy atom. The largest absolute Gasteiger partial charge is 0.493 e. The summed E-state index contributed by atoms with van der Waals surface area (Å²) in [5.41, 5.74) is 0.566. The molecule has 1 atom stereocenters. The summed E-state index contributed by atoms with van der Waals surface area (Å²) in [6.45, 7) is 5.00. The predicted molar refractivity (Wildman–Crippen MR) is 69.8 cm³/mol. The quantitative estimate of drug-likeness (QED) is 0.794. The minimum Gasteiger partial charge on any atom is -0.493 e. The number of ether oxygens (including phenoxy) is 1. The first-order valence-corrected chi connectivity index (χ1v) is 6.28. The van der Waals surface area contributed by atoms with Gasteiger partial charge < -0.3 is 10.1 Å². The molecule has 4 heteroatoms. The zero-order valence-corrected chi connectivity index (χ0v) is 11.0. The molecule has 0 bridgehead atoms. The fourth-order valence-electron chi connectivity index (χ4n) is 1.35. The number of nitrogens with one attached hydrogen (secondary N) is 1. The van der Waals surface area contributed by atoms with E-state index in [9.17, 15) is 4.79 Å². The molecule has 1 amide bonds. The smallest absolute Gasteiger partial charge is 0.255 e.